The molecule has 0 amide bonds. The van der Waals surface area contributed by atoms with Gasteiger partial charge in [0, 0.05) is 12.2 Å². The van der Waals surface area contributed by atoms with Crippen molar-refractivity contribution < 1.29 is 0 Å². The zero-order chi connectivity index (χ0) is 9.26. The molecule has 0 saturated heterocycles. The molecule has 0 aliphatic carbocycles. The highest BCUT2D eigenvalue weighted by atomic mass is 32.1. The van der Waals surface area contributed by atoms with Gasteiger partial charge in [-0.15, -0.1) is 0 Å². The highest BCUT2D eigenvalue weighted by Crippen LogP contribution is 2.15. The third kappa shape index (κ3) is 1.56. The van der Waals surface area contributed by atoms with Crippen molar-refractivity contribution in [3.63, 3.8) is 0 Å². The van der Waals surface area contributed by atoms with Gasteiger partial charge < -0.3 is 4.98 Å². The normalized spacial score (nSPS) is 10.9. The van der Waals surface area contributed by atoms with Gasteiger partial charge in [-0.2, -0.15) is 12.6 Å². The number of H-pyrrole nitrogens is 1. The van der Waals surface area contributed by atoms with E-state index >= 15 is 0 Å². The quantitative estimate of drug-likeness (QED) is 0.703. The Morgan fingerprint density at radius 3 is 3.00 bits per heavy atom. The maximum Gasteiger partial charge on any atom is 0.106 e. The minimum atomic E-state index is 0.774. The lowest BCUT2D eigenvalue weighted by Crippen LogP contribution is -1.79. The van der Waals surface area contributed by atoms with Crippen LogP contribution >= 0.6 is 12.6 Å². The predicted octanol–water partition coefficient (Wildman–Crippen LogP) is 2.56. The molecule has 0 fully saturated rings. The number of imidazole rings is 1. The van der Waals surface area contributed by atoms with Crippen molar-refractivity contribution in [1.29, 1.82) is 0 Å². The van der Waals surface area contributed by atoms with Crippen molar-refractivity contribution in [2.24, 2.45) is 0 Å². The first-order chi connectivity index (χ1) is 6.33. The molecule has 0 saturated carbocycles. The first-order valence-electron chi connectivity index (χ1n) is 4.42. The lowest BCUT2D eigenvalue weighted by Gasteiger charge is -1.93. The molecule has 1 N–H and O–H groups in total. The number of hydrogen-bond donors (Lipinski definition) is 2. The Morgan fingerprint density at radius 1 is 1.46 bits per heavy atom. The van der Waals surface area contributed by atoms with Gasteiger partial charge in [-0.3, -0.25) is 0 Å². The maximum absolute atomic E-state index is 4.43. The van der Waals surface area contributed by atoms with E-state index < -0.39 is 0 Å². The monoisotopic (exact) mass is 192 g/mol. The Kier molecular flexibility index (Phi) is 2.27. The Labute approximate surface area is 82.8 Å². The number of aromatic amines is 1. The number of nitrogens with zero attached hydrogens (tertiary/aromatic N) is 1. The second-order valence-electron chi connectivity index (χ2n) is 3.05. The zero-order valence-corrected chi connectivity index (χ0v) is 8.44. The summed E-state index contributed by atoms with van der Waals surface area (Å²) >= 11 is 4.23. The van der Waals surface area contributed by atoms with Crippen LogP contribution in [0.15, 0.2) is 18.2 Å². The third-order valence-electron chi connectivity index (χ3n) is 2.11. The molecule has 0 aliphatic rings. The van der Waals surface area contributed by atoms with Crippen molar-refractivity contribution >= 4 is 23.7 Å². The molecule has 0 unspecified atom stereocenters. The van der Waals surface area contributed by atoms with E-state index in [-0.39, 0.29) is 0 Å². The molecular weight excluding hydrogens is 180 g/mol. The Bertz CT molecular complexity index is 418. The number of aryl methyl sites for hydroxylation is 1. The molecule has 3 heteroatoms. The van der Waals surface area contributed by atoms with Crippen LogP contribution < -0.4 is 0 Å². The molecule has 13 heavy (non-hydrogen) atoms. The van der Waals surface area contributed by atoms with Gasteiger partial charge in [0.1, 0.15) is 5.82 Å². The summed E-state index contributed by atoms with van der Waals surface area (Å²) in [6.07, 6.45) is 0.949. The molecule has 0 radical (unpaired) electrons. The summed E-state index contributed by atoms with van der Waals surface area (Å²) in [7, 11) is 0. The molecule has 0 atom stereocenters. The van der Waals surface area contributed by atoms with Crippen molar-refractivity contribution in [2.75, 3.05) is 0 Å². The van der Waals surface area contributed by atoms with Gasteiger partial charge >= 0.3 is 0 Å². The van der Waals surface area contributed by atoms with Crippen LogP contribution in [-0.2, 0) is 12.2 Å². The van der Waals surface area contributed by atoms with Crippen LogP contribution in [0, 0.1) is 0 Å². The molecule has 1 aromatic heterocycles. The average molecular weight is 192 g/mol. The molecule has 2 aromatic rings. The van der Waals surface area contributed by atoms with Gasteiger partial charge in [-0.25, -0.2) is 4.98 Å². The molecule has 0 bridgehead atoms. The molecule has 1 aromatic carbocycles. The maximum atomic E-state index is 4.43. The van der Waals surface area contributed by atoms with Crippen LogP contribution in [0.1, 0.15) is 18.3 Å². The van der Waals surface area contributed by atoms with Crippen LogP contribution in [0.3, 0.4) is 0 Å². The van der Waals surface area contributed by atoms with E-state index in [1.54, 1.807) is 0 Å². The van der Waals surface area contributed by atoms with Crippen molar-refractivity contribution in [3.8, 4) is 0 Å². The molecule has 2 nitrogen and oxygen atoms in total. The van der Waals surface area contributed by atoms with E-state index in [1.807, 2.05) is 6.07 Å². The fraction of sp³-hybridized carbons (Fsp3) is 0.300. The van der Waals surface area contributed by atoms with E-state index in [0.717, 1.165) is 29.0 Å². The fourth-order valence-corrected chi connectivity index (χ4v) is 1.57. The number of fused-ring (bicyclic) bond motifs is 1. The van der Waals surface area contributed by atoms with E-state index in [0.29, 0.717) is 0 Å². The van der Waals surface area contributed by atoms with Crippen LogP contribution in [0.25, 0.3) is 11.0 Å². The van der Waals surface area contributed by atoms with Crippen LogP contribution in [0.2, 0.25) is 0 Å². The summed E-state index contributed by atoms with van der Waals surface area (Å²) in [6, 6.07) is 6.21. The summed E-state index contributed by atoms with van der Waals surface area (Å²) in [4.78, 5) is 7.70. The van der Waals surface area contributed by atoms with Gasteiger partial charge in [-0.1, -0.05) is 13.0 Å². The minimum Gasteiger partial charge on any atom is -0.342 e. The summed E-state index contributed by atoms with van der Waals surface area (Å²) < 4.78 is 0. The second-order valence-corrected chi connectivity index (χ2v) is 3.36. The summed E-state index contributed by atoms with van der Waals surface area (Å²) in [5.74, 6) is 1.82. The lowest BCUT2D eigenvalue weighted by atomic mass is 10.2. The zero-order valence-electron chi connectivity index (χ0n) is 7.54. The van der Waals surface area contributed by atoms with E-state index in [9.17, 15) is 0 Å². The summed E-state index contributed by atoms with van der Waals surface area (Å²) in [5.41, 5.74) is 3.38. The van der Waals surface area contributed by atoms with Crippen molar-refractivity contribution in [2.45, 2.75) is 19.1 Å². The first-order valence-corrected chi connectivity index (χ1v) is 5.05. The Hall–Kier alpha value is -0.960. The van der Waals surface area contributed by atoms with Gasteiger partial charge in [0.2, 0.25) is 0 Å². The Morgan fingerprint density at radius 2 is 2.31 bits per heavy atom. The summed E-state index contributed by atoms with van der Waals surface area (Å²) in [5, 5.41) is 0. The first kappa shape index (κ1) is 8.63. The molecule has 0 spiro atoms. The van der Waals surface area contributed by atoms with Crippen LogP contribution in [-0.4, -0.2) is 9.97 Å². The second kappa shape index (κ2) is 3.42. The molecule has 68 valence electrons. The Balaban J connectivity index is 2.57. The van der Waals surface area contributed by atoms with Gasteiger partial charge in [0.25, 0.3) is 0 Å². The largest absolute Gasteiger partial charge is 0.342 e. The number of thiol groups is 1. The van der Waals surface area contributed by atoms with Gasteiger partial charge in [-0.05, 0) is 17.7 Å². The predicted molar refractivity (Wildman–Crippen MR) is 58.2 cm³/mol. The molecular formula is C10H12N2S. The van der Waals surface area contributed by atoms with Crippen molar-refractivity contribution in [3.05, 3.63) is 29.6 Å². The lowest BCUT2D eigenvalue weighted by molar-refractivity contribution is 1.00. The fourth-order valence-electron chi connectivity index (χ4n) is 1.38. The number of hydrogen-bond acceptors (Lipinski definition) is 2. The molecule has 1 heterocycles. The third-order valence-corrected chi connectivity index (χ3v) is 2.48. The summed E-state index contributed by atoms with van der Waals surface area (Å²) in [6.45, 7) is 2.09. The minimum absolute atomic E-state index is 0.774. The highest BCUT2D eigenvalue weighted by molar-refractivity contribution is 7.79. The number of nitrogens with one attached hydrogen (secondary N) is 1. The number of rotatable bonds is 2. The number of benzene rings is 1. The van der Waals surface area contributed by atoms with E-state index in [1.165, 1.54) is 5.56 Å². The van der Waals surface area contributed by atoms with Crippen LogP contribution in [0.5, 0.6) is 0 Å². The smallest absolute Gasteiger partial charge is 0.106 e. The topological polar surface area (TPSA) is 28.7 Å². The number of aromatic nitrogens is 2. The van der Waals surface area contributed by atoms with Gasteiger partial charge in [0.15, 0.2) is 0 Å². The van der Waals surface area contributed by atoms with E-state index in [4.69, 9.17) is 0 Å². The standard InChI is InChI=1S/C10H12N2S/c1-2-10-11-8-4-3-7(6-13)5-9(8)12-10/h3-5,13H,2,6H2,1H3,(H,11,12). The van der Waals surface area contributed by atoms with E-state index in [2.05, 4.69) is 41.7 Å². The SMILES string of the molecule is CCc1nc2ccc(CS)cc2[nH]1. The van der Waals surface area contributed by atoms with Crippen LogP contribution in [0.4, 0.5) is 0 Å². The molecule has 0 aliphatic heterocycles. The molecule has 2 rings (SSSR count). The van der Waals surface area contributed by atoms with Crippen molar-refractivity contribution in [1.82, 2.24) is 9.97 Å². The van der Waals surface area contributed by atoms with Gasteiger partial charge in [0.05, 0.1) is 11.0 Å². The highest BCUT2D eigenvalue weighted by Gasteiger charge is 2.00. The average Bonchev–Trinajstić information content (AvgIpc) is 2.58.